The van der Waals surface area contributed by atoms with E-state index in [0.29, 0.717) is 16.9 Å². The number of non-ortho nitro benzene ring substituents is 1. The number of carbonyl (C=O) groups is 3. The van der Waals surface area contributed by atoms with Gasteiger partial charge in [-0.1, -0.05) is 0 Å². The van der Waals surface area contributed by atoms with Crippen LogP contribution in [0.15, 0.2) is 34.9 Å². The Morgan fingerprint density at radius 2 is 2.00 bits per heavy atom. The monoisotopic (exact) mass is 478 g/mol. The van der Waals surface area contributed by atoms with Crippen LogP contribution in [0.25, 0.3) is 0 Å². The number of nitro groups is 1. The van der Waals surface area contributed by atoms with E-state index in [1.807, 2.05) is 0 Å². The number of thioether (sulfide) groups is 1. The fourth-order valence-electron chi connectivity index (χ4n) is 3.87. The molecule has 1 saturated heterocycles. The number of hydrogen-bond acceptors (Lipinski definition) is 9. The second kappa shape index (κ2) is 9.89. The normalized spacial score (nSPS) is 21.2. The van der Waals surface area contributed by atoms with Crippen molar-refractivity contribution in [2.75, 3.05) is 19.8 Å². The number of hydrogen-bond donors (Lipinski definition) is 2. The second-order valence-corrected chi connectivity index (χ2v) is 9.28. The van der Waals surface area contributed by atoms with Crippen molar-refractivity contribution in [1.82, 2.24) is 9.80 Å². The van der Waals surface area contributed by atoms with Crippen molar-refractivity contribution in [3.05, 3.63) is 50.5 Å². The molecule has 1 unspecified atom stereocenters. The first-order valence-electron chi connectivity index (χ1n) is 10.3. The molecule has 3 N–H and O–H groups in total. The lowest BCUT2D eigenvalue weighted by atomic mass is 9.83. The molecule has 2 aliphatic rings. The van der Waals surface area contributed by atoms with Crippen LogP contribution in [-0.4, -0.2) is 75.6 Å². The minimum absolute atomic E-state index is 0.0796. The number of rotatable bonds is 9. The summed E-state index contributed by atoms with van der Waals surface area (Å²) in [6.07, 6.45) is -0.505. The predicted molar refractivity (Wildman–Crippen MR) is 119 cm³/mol. The molecular weight excluding hydrogens is 452 g/mol. The maximum Gasteiger partial charge on any atom is 0.356 e. The van der Waals surface area contributed by atoms with E-state index >= 15 is 0 Å². The summed E-state index contributed by atoms with van der Waals surface area (Å²) >= 11 is 1.22. The van der Waals surface area contributed by atoms with Gasteiger partial charge in [-0.3, -0.25) is 19.7 Å². The van der Waals surface area contributed by atoms with Crippen LogP contribution in [-0.2, 0) is 25.7 Å². The number of benzene rings is 1. The highest BCUT2D eigenvalue weighted by Gasteiger charge is 2.57. The molecule has 0 spiro atoms. The molecule has 3 rings (SSSR count). The minimum Gasteiger partial charge on any atom is -0.456 e. The van der Waals surface area contributed by atoms with Gasteiger partial charge in [0, 0.05) is 43.3 Å². The molecule has 1 fully saturated rings. The number of amides is 2. The number of esters is 1. The fourth-order valence-corrected chi connectivity index (χ4v) is 5.00. The van der Waals surface area contributed by atoms with Gasteiger partial charge in [-0.15, -0.1) is 11.8 Å². The van der Waals surface area contributed by atoms with E-state index in [4.69, 9.17) is 10.5 Å². The van der Waals surface area contributed by atoms with Crippen LogP contribution in [0, 0.1) is 16.0 Å². The average Bonchev–Trinajstić information content (AvgIpc) is 3.09. The molecule has 12 heteroatoms. The first-order chi connectivity index (χ1) is 15.5. The molecular formula is C21H26N4O7S. The van der Waals surface area contributed by atoms with E-state index in [1.165, 1.54) is 52.8 Å². The number of β-lactam (4-membered cyclic amide) rings is 1. The highest BCUT2D eigenvalue weighted by atomic mass is 32.2. The molecule has 178 valence electrons. The number of nitrogens with two attached hydrogens (primary N) is 1. The number of nitrogens with zero attached hydrogens (tertiary/aromatic N) is 3. The highest BCUT2D eigenvalue weighted by molar-refractivity contribution is 8.03. The number of nitro benzene ring substituents is 1. The van der Waals surface area contributed by atoms with Gasteiger partial charge in [0.2, 0.25) is 11.8 Å². The lowest BCUT2D eigenvalue weighted by molar-refractivity contribution is -0.384. The molecule has 2 heterocycles. The van der Waals surface area contributed by atoms with E-state index in [-0.39, 0.29) is 41.6 Å². The molecule has 0 radical (unpaired) electrons. The molecule has 0 bridgehead atoms. The topological polar surface area (TPSA) is 156 Å². The van der Waals surface area contributed by atoms with Gasteiger partial charge in [0.05, 0.1) is 29.0 Å². The van der Waals surface area contributed by atoms with Gasteiger partial charge in [-0.05, 0) is 24.6 Å². The smallest absolute Gasteiger partial charge is 0.356 e. The predicted octanol–water partition coefficient (Wildman–Crippen LogP) is 0.610. The van der Waals surface area contributed by atoms with Gasteiger partial charge >= 0.3 is 5.97 Å². The Hall–Kier alpha value is -2.96. The van der Waals surface area contributed by atoms with Crippen molar-refractivity contribution < 1.29 is 29.2 Å². The zero-order chi connectivity index (χ0) is 24.4. The number of carbonyl (C=O) groups excluding carboxylic acids is 3. The molecule has 2 amide bonds. The molecule has 0 aliphatic carbocycles. The Labute approximate surface area is 194 Å². The Balaban J connectivity index is 1.75. The van der Waals surface area contributed by atoms with Crippen molar-refractivity contribution in [2.24, 2.45) is 11.7 Å². The van der Waals surface area contributed by atoms with Crippen LogP contribution in [0.2, 0.25) is 0 Å². The molecule has 4 atom stereocenters. The van der Waals surface area contributed by atoms with Crippen LogP contribution < -0.4 is 5.73 Å². The molecule has 1 aromatic carbocycles. The number of likely N-dealkylation sites (N-methyl/N-ethyl adjacent to an activating group) is 1. The summed E-state index contributed by atoms with van der Waals surface area (Å²) < 4.78 is 5.39. The summed E-state index contributed by atoms with van der Waals surface area (Å²) in [6.45, 7) is 1.40. The Bertz CT molecular complexity index is 993. The van der Waals surface area contributed by atoms with Crippen LogP contribution in [0.4, 0.5) is 5.69 Å². The third-order valence-corrected chi connectivity index (χ3v) is 6.83. The second-order valence-electron chi connectivity index (χ2n) is 8.17. The molecule has 33 heavy (non-hydrogen) atoms. The van der Waals surface area contributed by atoms with E-state index in [9.17, 15) is 29.6 Å². The fraction of sp³-hybridized carbons (Fsp3) is 0.476. The van der Waals surface area contributed by atoms with E-state index in [1.54, 1.807) is 14.1 Å². The first kappa shape index (κ1) is 24.7. The highest BCUT2D eigenvalue weighted by Crippen LogP contribution is 2.47. The molecule has 2 aliphatic heterocycles. The van der Waals surface area contributed by atoms with Crippen LogP contribution >= 0.6 is 11.8 Å². The Kier molecular flexibility index (Phi) is 7.40. The average molecular weight is 479 g/mol. The van der Waals surface area contributed by atoms with E-state index in [2.05, 4.69) is 0 Å². The van der Waals surface area contributed by atoms with Gasteiger partial charge in [0.15, 0.2) is 0 Å². The third kappa shape index (κ3) is 5.02. The number of aliphatic hydroxyl groups is 1. The van der Waals surface area contributed by atoms with Gasteiger partial charge < -0.3 is 25.4 Å². The van der Waals surface area contributed by atoms with Crippen molar-refractivity contribution in [2.45, 2.75) is 38.1 Å². The van der Waals surface area contributed by atoms with Gasteiger partial charge in [-0.2, -0.15) is 0 Å². The number of fused-ring (bicyclic) bond motifs is 1. The minimum atomic E-state index is -0.863. The molecule has 11 nitrogen and oxygen atoms in total. The largest absolute Gasteiger partial charge is 0.456 e. The van der Waals surface area contributed by atoms with Crippen LogP contribution in [0.1, 0.15) is 18.9 Å². The maximum atomic E-state index is 12.9. The lowest BCUT2D eigenvalue weighted by Crippen LogP contribution is -2.61. The van der Waals surface area contributed by atoms with Crippen molar-refractivity contribution >= 4 is 35.2 Å². The SMILES string of the molecule is C[C@H](O)[C@H]1C(=O)N2C(C(=O)OCc3ccc([N+](=O)[O-])cc3)=C(SCC(N)C(=O)N(C)C)C[C@H]12. The van der Waals surface area contributed by atoms with E-state index in [0.717, 1.165) is 0 Å². The molecule has 0 saturated carbocycles. The Morgan fingerprint density at radius 1 is 1.36 bits per heavy atom. The summed E-state index contributed by atoms with van der Waals surface area (Å²) in [5, 5.41) is 20.7. The quantitative estimate of drug-likeness (QED) is 0.225. The van der Waals surface area contributed by atoms with E-state index < -0.39 is 29.0 Å². The summed E-state index contributed by atoms with van der Waals surface area (Å²) in [5.41, 5.74) is 6.52. The summed E-state index contributed by atoms with van der Waals surface area (Å²) in [5.74, 6) is -1.74. The zero-order valence-electron chi connectivity index (χ0n) is 18.5. The van der Waals surface area contributed by atoms with Crippen LogP contribution in [0.3, 0.4) is 0 Å². The first-order valence-corrected chi connectivity index (χ1v) is 11.3. The van der Waals surface area contributed by atoms with Gasteiger partial charge in [0.25, 0.3) is 5.69 Å². The standard InChI is InChI=1S/C21H26N4O7S/c1-11(26)17-15-8-16(33-10-14(22)19(27)23(2)3)18(24(15)20(17)28)21(29)32-9-12-4-6-13(7-5-12)25(30)31/h4-7,11,14-15,17,26H,8-10,22H2,1-3H3/t11-,14?,15+,17+/m0/s1. The Morgan fingerprint density at radius 3 is 2.55 bits per heavy atom. The zero-order valence-corrected chi connectivity index (χ0v) is 19.3. The summed E-state index contributed by atoms with van der Waals surface area (Å²) in [6, 6.07) is 4.44. The maximum absolute atomic E-state index is 12.9. The molecule has 1 aromatic rings. The third-order valence-electron chi connectivity index (χ3n) is 5.59. The van der Waals surface area contributed by atoms with Crippen molar-refractivity contribution in [3.63, 3.8) is 0 Å². The number of aliphatic hydroxyl groups excluding tert-OH is 1. The summed E-state index contributed by atoms with van der Waals surface area (Å²) in [4.78, 5) is 51.2. The lowest BCUT2D eigenvalue weighted by Gasteiger charge is -2.44. The van der Waals surface area contributed by atoms with Crippen LogP contribution in [0.5, 0.6) is 0 Å². The summed E-state index contributed by atoms with van der Waals surface area (Å²) in [7, 11) is 3.20. The van der Waals surface area contributed by atoms with Crippen molar-refractivity contribution in [3.8, 4) is 0 Å². The van der Waals surface area contributed by atoms with Gasteiger partial charge in [-0.25, -0.2) is 4.79 Å². The van der Waals surface area contributed by atoms with Gasteiger partial charge in [0.1, 0.15) is 12.3 Å². The molecule has 0 aromatic heterocycles. The van der Waals surface area contributed by atoms with Crippen molar-refractivity contribution in [1.29, 1.82) is 0 Å². The number of ether oxygens (including phenoxy) is 1.